The summed E-state index contributed by atoms with van der Waals surface area (Å²) in [5, 5.41) is 8.38. The predicted molar refractivity (Wildman–Crippen MR) is 135 cm³/mol. The van der Waals surface area contributed by atoms with Crippen molar-refractivity contribution in [2.45, 2.75) is 45.2 Å². The van der Waals surface area contributed by atoms with E-state index in [0.717, 1.165) is 23.2 Å². The van der Waals surface area contributed by atoms with E-state index in [0.29, 0.717) is 17.8 Å². The van der Waals surface area contributed by atoms with Crippen LogP contribution in [0.2, 0.25) is 0 Å². The van der Waals surface area contributed by atoms with Crippen molar-refractivity contribution in [3.63, 3.8) is 0 Å². The molecular weight excluding hydrogens is 488 g/mol. The highest BCUT2D eigenvalue weighted by Gasteiger charge is 2.25. The predicted octanol–water partition coefficient (Wildman–Crippen LogP) is 3.07. The molecule has 186 valence electrons. The number of nitrogens with zero attached hydrogens (tertiary/aromatic N) is 1. The largest absolute Gasteiger partial charge is 0.357 e. The van der Waals surface area contributed by atoms with E-state index >= 15 is 0 Å². The lowest BCUT2D eigenvalue weighted by atomic mass is 10.0. The number of anilines is 1. The second kappa shape index (κ2) is 11.9. The van der Waals surface area contributed by atoms with Crippen LogP contribution in [0.4, 0.5) is 5.69 Å². The van der Waals surface area contributed by atoms with Gasteiger partial charge in [-0.15, -0.1) is 11.3 Å². The lowest BCUT2D eigenvalue weighted by Crippen LogP contribution is -2.48. The van der Waals surface area contributed by atoms with E-state index in [2.05, 4.69) is 15.6 Å². The molecular formula is C24H28N4O5S2. The van der Waals surface area contributed by atoms with Gasteiger partial charge in [0.15, 0.2) is 0 Å². The van der Waals surface area contributed by atoms with Crippen LogP contribution in [0.25, 0.3) is 0 Å². The Morgan fingerprint density at radius 3 is 2.37 bits per heavy atom. The van der Waals surface area contributed by atoms with Gasteiger partial charge in [0.1, 0.15) is 11.0 Å². The van der Waals surface area contributed by atoms with Gasteiger partial charge in [-0.2, -0.15) is 8.42 Å². The van der Waals surface area contributed by atoms with E-state index in [1.807, 2.05) is 47.4 Å². The number of nitrogens with one attached hydrogen (secondary N) is 3. The minimum atomic E-state index is -4.42. The highest BCUT2D eigenvalue weighted by Crippen LogP contribution is 2.24. The van der Waals surface area contributed by atoms with Crippen LogP contribution in [-0.2, 0) is 39.2 Å². The summed E-state index contributed by atoms with van der Waals surface area (Å²) >= 11 is 1.42. The highest BCUT2D eigenvalue weighted by atomic mass is 32.2. The summed E-state index contributed by atoms with van der Waals surface area (Å²) in [7, 11) is -4.42. The van der Waals surface area contributed by atoms with Gasteiger partial charge < -0.3 is 10.6 Å². The van der Waals surface area contributed by atoms with E-state index in [9.17, 15) is 18.0 Å². The molecule has 0 fully saturated rings. The van der Waals surface area contributed by atoms with Crippen LogP contribution >= 0.6 is 11.3 Å². The topological polar surface area (TPSA) is 137 Å². The Bertz CT molecular complexity index is 1260. The van der Waals surface area contributed by atoms with E-state index in [1.165, 1.54) is 24.3 Å². The van der Waals surface area contributed by atoms with Crippen molar-refractivity contribution >= 4 is 39.1 Å². The molecule has 0 bridgehead atoms. The lowest BCUT2D eigenvalue weighted by molar-refractivity contribution is -0.128. The molecule has 9 nitrogen and oxygen atoms in total. The van der Waals surface area contributed by atoms with Crippen molar-refractivity contribution in [1.29, 1.82) is 0 Å². The maximum absolute atomic E-state index is 13.3. The molecule has 1 heterocycles. The van der Waals surface area contributed by atoms with Crippen LogP contribution in [0, 0.1) is 0 Å². The number of aryl methyl sites for hydroxylation is 1. The Morgan fingerprint density at radius 2 is 1.74 bits per heavy atom. The standard InChI is InChI=1S/C24H28N4O5S2/c1-3-19-15-34-24(26-19)22(14-18-10-7-11-20(12-18)28-35(31,32)33)27-23(30)21(25-16(2)29)13-17-8-5-4-6-9-17/h4-12,15,21-22,28H,3,13-14H2,1-2H3,(H,25,29)(H,27,30)(H,31,32,33). The number of benzene rings is 2. The van der Waals surface area contributed by atoms with E-state index in [-0.39, 0.29) is 17.5 Å². The van der Waals surface area contributed by atoms with E-state index in [4.69, 9.17) is 4.55 Å². The Hall–Kier alpha value is -3.28. The van der Waals surface area contributed by atoms with Crippen molar-refractivity contribution in [3.8, 4) is 0 Å². The van der Waals surface area contributed by atoms with Gasteiger partial charge >= 0.3 is 10.3 Å². The molecule has 0 aliphatic carbocycles. The summed E-state index contributed by atoms with van der Waals surface area (Å²) in [5.74, 6) is -0.668. The first-order valence-electron chi connectivity index (χ1n) is 11.0. The maximum Gasteiger partial charge on any atom is 0.357 e. The maximum atomic E-state index is 13.3. The van der Waals surface area contributed by atoms with Crippen molar-refractivity contribution in [2.24, 2.45) is 0 Å². The number of amides is 2. The van der Waals surface area contributed by atoms with Gasteiger partial charge in [0.05, 0.1) is 17.4 Å². The zero-order valence-corrected chi connectivity index (χ0v) is 21.0. The minimum absolute atomic E-state index is 0.198. The minimum Gasteiger partial charge on any atom is -0.345 e. The second-order valence-electron chi connectivity index (χ2n) is 8.02. The molecule has 0 saturated carbocycles. The summed E-state index contributed by atoms with van der Waals surface area (Å²) in [5.41, 5.74) is 2.72. The average Bonchev–Trinajstić information content (AvgIpc) is 3.27. The average molecular weight is 517 g/mol. The van der Waals surface area contributed by atoms with Crippen LogP contribution in [0.3, 0.4) is 0 Å². The number of thiazole rings is 1. The summed E-state index contributed by atoms with van der Waals surface area (Å²) in [6.45, 7) is 3.36. The smallest absolute Gasteiger partial charge is 0.345 e. The van der Waals surface area contributed by atoms with Crippen LogP contribution in [0.15, 0.2) is 60.0 Å². The third-order valence-electron chi connectivity index (χ3n) is 5.14. The number of carbonyl (C=O) groups excluding carboxylic acids is 2. The number of hydrogen-bond acceptors (Lipinski definition) is 6. The first kappa shape index (κ1) is 26.3. The first-order chi connectivity index (χ1) is 16.6. The molecule has 0 aliphatic rings. The van der Waals surface area contributed by atoms with Crippen molar-refractivity contribution in [1.82, 2.24) is 15.6 Å². The Labute approximate surface area is 208 Å². The van der Waals surface area contributed by atoms with Crippen LogP contribution in [-0.4, -0.2) is 35.8 Å². The number of hydrogen-bond donors (Lipinski definition) is 4. The number of carbonyl (C=O) groups is 2. The quantitative estimate of drug-likeness (QED) is 0.289. The molecule has 0 spiro atoms. The lowest BCUT2D eigenvalue weighted by Gasteiger charge is -2.22. The fraction of sp³-hybridized carbons (Fsp3) is 0.292. The summed E-state index contributed by atoms with van der Waals surface area (Å²) in [6, 6.07) is 14.6. The molecule has 4 N–H and O–H groups in total. The van der Waals surface area contributed by atoms with Crippen molar-refractivity contribution < 1.29 is 22.6 Å². The van der Waals surface area contributed by atoms with Gasteiger partial charge in [-0.1, -0.05) is 49.4 Å². The monoisotopic (exact) mass is 516 g/mol. The Kier molecular flexibility index (Phi) is 8.96. The van der Waals surface area contributed by atoms with Gasteiger partial charge in [0.25, 0.3) is 0 Å². The van der Waals surface area contributed by atoms with E-state index < -0.39 is 22.4 Å². The van der Waals surface area contributed by atoms with Gasteiger partial charge in [-0.05, 0) is 36.1 Å². The molecule has 2 atom stereocenters. The van der Waals surface area contributed by atoms with Crippen LogP contribution in [0.5, 0.6) is 0 Å². The van der Waals surface area contributed by atoms with Gasteiger partial charge in [-0.3, -0.25) is 18.9 Å². The van der Waals surface area contributed by atoms with E-state index in [1.54, 1.807) is 18.2 Å². The zero-order chi connectivity index (χ0) is 25.4. The molecule has 2 amide bonds. The summed E-state index contributed by atoms with van der Waals surface area (Å²) in [4.78, 5) is 29.8. The molecule has 0 radical (unpaired) electrons. The second-order valence-corrected chi connectivity index (χ2v) is 10.1. The Morgan fingerprint density at radius 1 is 1.03 bits per heavy atom. The molecule has 35 heavy (non-hydrogen) atoms. The zero-order valence-electron chi connectivity index (χ0n) is 19.4. The molecule has 0 aliphatic heterocycles. The van der Waals surface area contributed by atoms with Crippen molar-refractivity contribution in [2.75, 3.05) is 4.72 Å². The Balaban J connectivity index is 1.85. The first-order valence-corrected chi connectivity index (χ1v) is 13.3. The SMILES string of the molecule is CCc1csc(C(Cc2cccc(NS(=O)(=O)O)c2)NC(=O)C(Cc2ccccc2)NC(C)=O)n1. The highest BCUT2D eigenvalue weighted by molar-refractivity contribution is 7.87. The summed E-state index contributed by atoms with van der Waals surface area (Å²) in [6.07, 6.45) is 1.39. The molecule has 11 heteroatoms. The van der Waals surface area contributed by atoms with Crippen LogP contribution in [0.1, 0.15) is 41.7 Å². The number of aromatic nitrogens is 1. The fourth-order valence-electron chi connectivity index (χ4n) is 3.57. The molecule has 0 saturated heterocycles. The summed E-state index contributed by atoms with van der Waals surface area (Å²) < 4.78 is 33.5. The third-order valence-corrected chi connectivity index (χ3v) is 6.64. The molecule has 1 aromatic heterocycles. The fourth-order valence-corrected chi connectivity index (χ4v) is 4.95. The van der Waals surface area contributed by atoms with Gasteiger partial charge in [0.2, 0.25) is 11.8 Å². The van der Waals surface area contributed by atoms with Gasteiger partial charge in [0, 0.05) is 18.7 Å². The van der Waals surface area contributed by atoms with Crippen LogP contribution < -0.4 is 15.4 Å². The number of rotatable bonds is 11. The van der Waals surface area contributed by atoms with Crippen molar-refractivity contribution in [3.05, 3.63) is 81.8 Å². The van der Waals surface area contributed by atoms with Gasteiger partial charge in [-0.25, -0.2) is 4.98 Å². The molecule has 2 aromatic carbocycles. The molecule has 2 unspecified atom stereocenters. The normalized spacial score (nSPS) is 13.0. The molecule has 3 rings (SSSR count). The third kappa shape index (κ3) is 8.46. The molecule has 3 aromatic rings.